The van der Waals surface area contributed by atoms with Crippen LogP contribution in [0.5, 0.6) is 17.2 Å². The largest absolute Gasteiger partial charge is 0.497 e. The first-order valence-corrected chi connectivity index (χ1v) is 13.3. The van der Waals surface area contributed by atoms with E-state index in [0.717, 1.165) is 12.0 Å². The van der Waals surface area contributed by atoms with Crippen molar-refractivity contribution in [3.8, 4) is 17.2 Å². The van der Waals surface area contributed by atoms with Crippen molar-refractivity contribution < 1.29 is 23.8 Å². The summed E-state index contributed by atoms with van der Waals surface area (Å²) in [7, 11) is 3.20. The van der Waals surface area contributed by atoms with Gasteiger partial charge >= 0.3 is 0 Å². The molecule has 0 radical (unpaired) electrons. The van der Waals surface area contributed by atoms with E-state index in [2.05, 4.69) is 11.4 Å². The highest BCUT2D eigenvalue weighted by atomic mass is 32.1. The number of benzene rings is 2. The van der Waals surface area contributed by atoms with Gasteiger partial charge in [-0.25, -0.2) is 0 Å². The Bertz CT molecular complexity index is 1210. The lowest BCUT2D eigenvalue weighted by atomic mass is 10.00. The minimum absolute atomic E-state index is 0.00761. The lowest BCUT2D eigenvalue weighted by Crippen LogP contribution is -2.48. The molecule has 0 unspecified atom stereocenters. The van der Waals surface area contributed by atoms with Crippen LogP contribution >= 0.6 is 11.3 Å². The molecule has 1 aliphatic heterocycles. The van der Waals surface area contributed by atoms with Crippen molar-refractivity contribution in [2.45, 2.75) is 26.3 Å². The summed E-state index contributed by atoms with van der Waals surface area (Å²) in [5.74, 6) is 1.92. The van der Waals surface area contributed by atoms with Crippen molar-refractivity contribution in [3.63, 3.8) is 0 Å². The summed E-state index contributed by atoms with van der Waals surface area (Å²) in [6.07, 6.45) is 0.792. The van der Waals surface area contributed by atoms with Gasteiger partial charge in [0.15, 0.2) is 11.5 Å². The number of hydrogen-bond acceptors (Lipinski definition) is 6. The van der Waals surface area contributed by atoms with Gasteiger partial charge in [0.2, 0.25) is 5.91 Å². The second-order valence-electron chi connectivity index (χ2n) is 9.42. The Balaban J connectivity index is 1.54. The molecule has 0 N–H and O–H groups in total. The van der Waals surface area contributed by atoms with E-state index in [0.29, 0.717) is 42.5 Å². The number of carbonyl (C=O) groups excluding carboxylic acids is 2. The van der Waals surface area contributed by atoms with Gasteiger partial charge in [0, 0.05) is 23.5 Å². The molecule has 196 valence electrons. The molecule has 0 fully saturated rings. The fourth-order valence-corrected chi connectivity index (χ4v) is 5.54. The minimum atomic E-state index is -0.246. The zero-order chi connectivity index (χ0) is 26.4. The van der Waals surface area contributed by atoms with Crippen molar-refractivity contribution in [3.05, 3.63) is 76.0 Å². The normalized spacial score (nSPS) is 14.7. The van der Waals surface area contributed by atoms with Gasteiger partial charge in [-0.3, -0.25) is 9.59 Å². The van der Waals surface area contributed by atoms with Gasteiger partial charge in [0.25, 0.3) is 5.91 Å². The summed E-state index contributed by atoms with van der Waals surface area (Å²) in [6, 6.07) is 16.3. The molecule has 2 heterocycles. The summed E-state index contributed by atoms with van der Waals surface area (Å²) in [5, 5.41) is 2.06. The molecular weight excluding hydrogens is 488 g/mol. The van der Waals surface area contributed by atoms with Gasteiger partial charge in [-0.05, 0) is 65.7 Å². The monoisotopic (exact) mass is 522 g/mol. The van der Waals surface area contributed by atoms with Crippen molar-refractivity contribution in [2.24, 2.45) is 5.92 Å². The quantitative estimate of drug-likeness (QED) is 0.372. The van der Waals surface area contributed by atoms with Crippen LogP contribution < -0.4 is 14.2 Å². The SMILES string of the molecule is COc1ccc(C(=O)N(CC(=O)N2CCc3sccc3[C@@H]2COc2ccccc2OC)CC(C)C)cc1. The lowest BCUT2D eigenvalue weighted by Gasteiger charge is -2.37. The predicted molar refractivity (Wildman–Crippen MR) is 145 cm³/mol. The summed E-state index contributed by atoms with van der Waals surface area (Å²) in [4.78, 5) is 31.9. The molecular formula is C29H34N2O5S. The highest BCUT2D eigenvalue weighted by Crippen LogP contribution is 2.35. The molecule has 8 heteroatoms. The average molecular weight is 523 g/mol. The Morgan fingerprint density at radius 2 is 1.76 bits per heavy atom. The third kappa shape index (κ3) is 6.25. The van der Waals surface area contributed by atoms with E-state index >= 15 is 0 Å². The molecule has 1 aliphatic rings. The molecule has 0 bridgehead atoms. The summed E-state index contributed by atoms with van der Waals surface area (Å²) in [5.41, 5.74) is 1.64. The van der Waals surface area contributed by atoms with Gasteiger partial charge in [-0.15, -0.1) is 11.3 Å². The van der Waals surface area contributed by atoms with Crippen LogP contribution in [0.4, 0.5) is 0 Å². The van der Waals surface area contributed by atoms with Crippen molar-refractivity contribution in [1.82, 2.24) is 9.80 Å². The zero-order valence-electron chi connectivity index (χ0n) is 21.8. The van der Waals surface area contributed by atoms with Crippen molar-refractivity contribution in [2.75, 3.05) is 40.5 Å². The number of ether oxygens (including phenoxy) is 3. The van der Waals surface area contributed by atoms with Crippen LogP contribution in [0.25, 0.3) is 0 Å². The van der Waals surface area contributed by atoms with Gasteiger partial charge in [0.1, 0.15) is 18.9 Å². The molecule has 2 aromatic carbocycles. The van der Waals surface area contributed by atoms with E-state index in [4.69, 9.17) is 14.2 Å². The number of amides is 2. The van der Waals surface area contributed by atoms with Gasteiger partial charge in [0.05, 0.1) is 20.3 Å². The van der Waals surface area contributed by atoms with Crippen LogP contribution in [0.2, 0.25) is 0 Å². The second kappa shape index (κ2) is 12.1. The third-order valence-electron chi connectivity index (χ3n) is 6.42. The molecule has 0 spiro atoms. The van der Waals surface area contributed by atoms with Gasteiger partial charge in [-0.2, -0.15) is 0 Å². The molecule has 0 saturated heterocycles. The molecule has 4 rings (SSSR count). The number of methoxy groups -OCH3 is 2. The second-order valence-corrected chi connectivity index (χ2v) is 10.4. The number of hydrogen-bond donors (Lipinski definition) is 0. The maximum atomic E-state index is 13.7. The molecule has 0 aliphatic carbocycles. The molecule has 3 aromatic rings. The first-order chi connectivity index (χ1) is 17.9. The highest BCUT2D eigenvalue weighted by Gasteiger charge is 2.34. The molecule has 7 nitrogen and oxygen atoms in total. The highest BCUT2D eigenvalue weighted by molar-refractivity contribution is 7.10. The van der Waals surface area contributed by atoms with Crippen LogP contribution in [0.15, 0.2) is 60.0 Å². The summed E-state index contributed by atoms with van der Waals surface area (Å²) in [6.45, 7) is 5.46. The lowest BCUT2D eigenvalue weighted by molar-refractivity contribution is -0.135. The first kappa shape index (κ1) is 26.5. The smallest absolute Gasteiger partial charge is 0.254 e. The molecule has 1 aromatic heterocycles. The Labute approximate surface area is 222 Å². The van der Waals surface area contributed by atoms with E-state index in [1.807, 2.05) is 43.0 Å². The Kier molecular flexibility index (Phi) is 8.71. The molecule has 1 atom stereocenters. The standard InChI is InChI=1S/C29H34N2O5S/c1-20(2)17-30(29(33)21-9-11-22(34-3)12-10-21)18-28(32)31-15-13-27-23(14-16-37-27)24(31)19-36-26-8-6-5-7-25(26)35-4/h5-12,14,16,20,24H,13,15,17-19H2,1-4H3/t24-/m0/s1. The zero-order valence-corrected chi connectivity index (χ0v) is 22.6. The molecule has 0 saturated carbocycles. The fraction of sp³-hybridized carbons (Fsp3) is 0.379. The van der Waals surface area contributed by atoms with Crippen LogP contribution in [0, 0.1) is 5.92 Å². The number of nitrogens with zero attached hydrogens (tertiary/aromatic N) is 2. The number of carbonyl (C=O) groups is 2. The summed E-state index contributed by atoms with van der Waals surface area (Å²) < 4.78 is 16.8. The third-order valence-corrected chi connectivity index (χ3v) is 7.41. The number of thiophene rings is 1. The van der Waals surface area contributed by atoms with E-state index in [-0.39, 0.29) is 30.3 Å². The Hall–Kier alpha value is -3.52. The van der Waals surface area contributed by atoms with E-state index in [9.17, 15) is 9.59 Å². The first-order valence-electron chi connectivity index (χ1n) is 12.5. The Morgan fingerprint density at radius 3 is 2.43 bits per heavy atom. The number of rotatable bonds is 10. The van der Waals surface area contributed by atoms with E-state index in [1.165, 1.54) is 4.88 Å². The van der Waals surface area contributed by atoms with Crippen molar-refractivity contribution >= 4 is 23.2 Å². The van der Waals surface area contributed by atoms with Crippen LogP contribution in [0.3, 0.4) is 0 Å². The van der Waals surface area contributed by atoms with Gasteiger partial charge in [-0.1, -0.05) is 26.0 Å². The number of fused-ring (bicyclic) bond motifs is 1. The van der Waals surface area contributed by atoms with E-state index in [1.54, 1.807) is 54.7 Å². The molecule has 37 heavy (non-hydrogen) atoms. The van der Waals surface area contributed by atoms with E-state index < -0.39 is 0 Å². The fourth-order valence-electron chi connectivity index (χ4n) is 4.61. The minimum Gasteiger partial charge on any atom is -0.497 e. The number of para-hydroxylation sites is 2. The maximum absolute atomic E-state index is 13.7. The molecule has 2 amide bonds. The predicted octanol–water partition coefficient (Wildman–Crippen LogP) is 5.07. The van der Waals surface area contributed by atoms with Crippen LogP contribution in [-0.4, -0.2) is 62.1 Å². The van der Waals surface area contributed by atoms with Gasteiger partial charge < -0.3 is 24.0 Å². The topological polar surface area (TPSA) is 68.3 Å². The van der Waals surface area contributed by atoms with Crippen LogP contribution in [-0.2, 0) is 11.2 Å². The maximum Gasteiger partial charge on any atom is 0.254 e. The average Bonchev–Trinajstić information content (AvgIpc) is 3.40. The van der Waals surface area contributed by atoms with Crippen molar-refractivity contribution in [1.29, 1.82) is 0 Å². The summed E-state index contributed by atoms with van der Waals surface area (Å²) >= 11 is 1.71. The Morgan fingerprint density at radius 1 is 1.03 bits per heavy atom. The van der Waals surface area contributed by atoms with Crippen LogP contribution in [0.1, 0.15) is 40.7 Å².